The average Bonchev–Trinajstić information content (AvgIpc) is 2.18. The predicted molar refractivity (Wildman–Crippen MR) is 56.5 cm³/mol. The molecule has 0 aliphatic heterocycles. The maximum absolute atomic E-state index is 11.1. The Bertz CT molecular complexity index is 387. The molecule has 0 aromatic heterocycles. The van der Waals surface area contributed by atoms with Crippen molar-refractivity contribution in [3.63, 3.8) is 0 Å². The van der Waals surface area contributed by atoms with Crippen molar-refractivity contribution in [1.82, 2.24) is 0 Å². The van der Waals surface area contributed by atoms with E-state index in [1.54, 1.807) is 31.2 Å². The van der Waals surface area contributed by atoms with Crippen molar-refractivity contribution in [3.8, 4) is 0 Å². The second-order valence-corrected chi connectivity index (χ2v) is 3.39. The van der Waals surface area contributed by atoms with Crippen LogP contribution in [0.3, 0.4) is 0 Å². The van der Waals surface area contributed by atoms with Crippen LogP contribution < -0.4 is 0 Å². The van der Waals surface area contributed by atoms with Crippen LogP contribution in [0.5, 0.6) is 0 Å². The van der Waals surface area contributed by atoms with Gasteiger partial charge < -0.3 is 0 Å². The largest absolute Gasteiger partial charge is 0.295 e. The minimum Gasteiger partial charge on any atom is -0.295 e. The van der Waals surface area contributed by atoms with Crippen molar-refractivity contribution in [2.24, 2.45) is 0 Å². The van der Waals surface area contributed by atoms with Gasteiger partial charge in [-0.05, 0) is 13.0 Å². The molecule has 0 radical (unpaired) electrons. The minimum absolute atomic E-state index is 0.0740. The number of nitro groups is 1. The Labute approximate surface area is 88.1 Å². The predicted octanol–water partition coefficient (Wildman–Crippen LogP) is 2.62. The molecule has 0 amide bonds. The van der Waals surface area contributed by atoms with E-state index in [4.69, 9.17) is 0 Å². The zero-order valence-electron chi connectivity index (χ0n) is 8.77. The number of ketones is 1. The van der Waals surface area contributed by atoms with Crippen molar-refractivity contribution in [1.29, 1.82) is 0 Å². The number of Topliss-reactive ketones (excluding diaryl/α,β-unsaturated/α-hetero) is 1. The van der Waals surface area contributed by atoms with Crippen LogP contribution in [0.15, 0.2) is 24.3 Å². The van der Waals surface area contributed by atoms with Gasteiger partial charge in [-0.15, -0.1) is 0 Å². The van der Waals surface area contributed by atoms with E-state index in [0.717, 1.165) is 0 Å². The summed E-state index contributed by atoms with van der Waals surface area (Å²) in [5, 5.41) is 10.7. The van der Waals surface area contributed by atoms with Gasteiger partial charge in [0.1, 0.15) is 0 Å². The quantitative estimate of drug-likeness (QED) is 0.433. The number of benzene rings is 1. The fraction of sp³-hybridized carbons (Fsp3) is 0.364. The molecule has 0 N–H and O–H groups in total. The third kappa shape index (κ3) is 2.62. The van der Waals surface area contributed by atoms with Gasteiger partial charge in [0.2, 0.25) is 6.04 Å². The molecule has 4 heteroatoms. The molecular weight excluding hydrogens is 194 g/mol. The molecule has 1 rings (SSSR count). The highest BCUT2D eigenvalue weighted by Crippen LogP contribution is 2.21. The van der Waals surface area contributed by atoms with Crippen LogP contribution in [-0.4, -0.2) is 10.7 Å². The molecule has 0 heterocycles. The second kappa shape index (κ2) is 4.68. The zero-order chi connectivity index (χ0) is 11.4. The van der Waals surface area contributed by atoms with Gasteiger partial charge in [0.15, 0.2) is 5.78 Å². The number of carbonyl (C=O) groups excluding carboxylic acids is 1. The lowest BCUT2D eigenvalue weighted by Crippen LogP contribution is -2.09. The van der Waals surface area contributed by atoms with Crippen molar-refractivity contribution in [2.75, 3.05) is 0 Å². The van der Waals surface area contributed by atoms with Crippen LogP contribution in [0.1, 0.15) is 42.2 Å². The summed E-state index contributed by atoms with van der Waals surface area (Å²) in [6, 6.07) is 5.91. The first-order chi connectivity index (χ1) is 7.06. The van der Waals surface area contributed by atoms with Gasteiger partial charge in [-0.25, -0.2) is 0 Å². The maximum atomic E-state index is 11.1. The summed E-state index contributed by atoms with van der Waals surface area (Å²) in [7, 11) is 0. The lowest BCUT2D eigenvalue weighted by atomic mass is 10.0. The van der Waals surface area contributed by atoms with Gasteiger partial charge >= 0.3 is 0 Å². The molecule has 0 aliphatic carbocycles. The van der Waals surface area contributed by atoms with Gasteiger partial charge in [0, 0.05) is 22.5 Å². The summed E-state index contributed by atoms with van der Waals surface area (Å²) in [5.74, 6) is -0.0740. The van der Waals surface area contributed by atoms with E-state index in [9.17, 15) is 14.9 Å². The topological polar surface area (TPSA) is 60.2 Å². The van der Waals surface area contributed by atoms with Crippen LogP contribution in [0.25, 0.3) is 0 Å². The molecule has 80 valence electrons. The molecule has 4 nitrogen and oxygen atoms in total. The Hall–Kier alpha value is -1.71. The molecule has 0 bridgehead atoms. The number of carbonyl (C=O) groups is 1. The third-order valence-corrected chi connectivity index (χ3v) is 2.32. The van der Waals surface area contributed by atoms with Crippen molar-refractivity contribution in [3.05, 3.63) is 45.5 Å². The summed E-state index contributed by atoms with van der Waals surface area (Å²) < 4.78 is 0. The second-order valence-electron chi connectivity index (χ2n) is 3.39. The fourth-order valence-corrected chi connectivity index (χ4v) is 1.47. The van der Waals surface area contributed by atoms with E-state index >= 15 is 0 Å². The van der Waals surface area contributed by atoms with Crippen LogP contribution in [0.2, 0.25) is 0 Å². The number of nitrogens with zero attached hydrogens (tertiary/aromatic N) is 1. The first-order valence-corrected chi connectivity index (χ1v) is 4.80. The minimum atomic E-state index is -0.718. The molecule has 15 heavy (non-hydrogen) atoms. The molecule has 0 spiro atoms. The summed E-state index contributed by atoms with van der Waals surface area (Å²) in [6.07, 6.45) is 0.425. The molecule has 1 aromatic rings. The number of hydrogen-bond acceptors (Lipinski definition) is 3. The standard InChI is InChI=1S/C11H13NO3/c1-3-11(12(14)15)10-6-4-5-9(7-10)8(2)13/h4-7,11H,3H2,1-2H3. The van der Waals surface area contributed by atoms with E-state index in [2.05, 4.69) is 0 Å². The van der Waals surface area contributed by atoms with Gasteiger partial charge in [-0.2, -0.15) is 0 Å². The van der Waals surface area contributed by atoms with Crippen LogP contribution in [-0.2, 0) is 0 Å². The third-order valence-electron chi connectivity index (χ3n) is 2.32. The average molecular weight is 207 g/mol. The van der Waals surface area contributed by atoms with Crippen molar-refractivity contribution < 1.29 is 9.72 Å². The lowest BCUT2D eigenvalue weighted by Gasteiger charge is -2.07. The molecule has 0 fully saturated rings. The van der Waals surface area contributed by atoms with E-state index in [0.29, 0.717) is 17.5 Å². The monoisotopic (exact) mass is 207 g/mol. The van der Waals surface area contributed by atoms with Gasteiger partial charge in [-0.3, -0.25) is 14.9 Å². The summed E-state index contributed by atoms with van der Waals surface area (Å²) in [4.78, 5) is 21.5. The fourth-order valence-electron chi connectivity index (χ4n) is 1.47. The highest BCUT2D eigenvalue weighted by atomic mass is 16.6. The van der Waals surface area contributed by atoms with Crippen molar-refractivity contribution >= 4 is 5.78 Å². The van der Waals surface area contributed by atoms with Gasteiger partial charge in [-0.1, -0.05) is 25.1 Å². The molecule has 0 saturated heterocycles. The van der Waals surface area contributed by atoms with Gasteiger partial charge in [0.25, 0.3) is 0 Å². The van der Waals surface area contributed by atoms with Crippen LogP contribution >= 0.6 is 0 Å². The van der Waals surface area contributed by atoms with E-state index < -0.39 is 6.04 Å². The molecule has 0 saturated carbocycles. The Morgan fingerprint density at radius 3 is 2.67 bits per heavy atom. The van der Waals surface area contributed by atoms with E-state index in [1.165, 1.54) is 6.92 Å². The zero-order valence-corrected chi connectivity index (χ0v) is 8.77. The van der Waals surface area contributed by atoms with Crippen LogP contribution in [0.4, 0.5) is 0 Å². The smallest absolute Gasteiger partial charge is 0.237 e. The Balaban J connectivity index is 3.08. The van der Waals surface area contributed by atoms with Gasteiger partial charge in [0.05, 0.1) is 0 Å². The summed E-state index contributed by atoms with van der Waals surface area (Å²) >= 11 is 0. The highest BCUT2D eigenvalue weighted by Gasteiger charge is 2.20. The molecule has 0 aliphatic rings. The molecule has 1 aromatic carbocycles. The number of rotatable bonds is 4. The first kappa shape index (κ1) is 11.4. The molecule has 1 unspecified atom stereocenters. The maximum Gasteiger partial charge on any atom is 0.237 e. The van der Waals surface area contributed by atoms with Crippen LogP contribution in [0, 0.1) is 10.1 Å². The Kier molecular flexibility index (Phi) is 3.55. The molecular formula is C11H13NO3. The summed E-state index contributed by atoms with van der Waals surface area (Å²) in [6.45, 7) is 3.21. The van der Waals surface area contributed by atoms with E-state index in [-0.39, 0.29) is 10.7 Å². The SMILES string of the molecule is CCC(c1cccc(C(C)=O)c1)[N+](=O)[O-]. The Morgan fingerprint density at radius 2 is 2.20 bits per heavy atom. The normalized spacial score (nSPS) is 12.1. The molecule has 1 atom stereocenters. The van der Waals surface area contributed by atoms with Crippen molar-refractivity contribution in [2.45, 2.75) is 26.3 Å². The number of hydrogen-bond donors (Lipinski definition) is 0. The lowest BCUT2D eigenvalue weighted by molar-refractivity contribution is -0.529. The van der Waals surface area contributed by atoms with E-state index in [1.807, 2.05) is 0 Å². The Morgan fingerprint density at radius 1 is 1.53 bits per heavy atom. The summed E-state index contributed by atoms with van der Waals surface area (Å²) in [5.41, 5.74) is 1.11. The highest BCUT2D eigenvalue weighted by molar-refractivity contribution is 5.94. The first-order valence-electron chi connectivity index (χ1n) is 4.80.